The molecule has 4 nitrogen and oxygen atoms in total. The van der Waals surface area contributed by atoms with Gasteiger partial charge in [0.2, 0.25) is 10.0 Å². The zero-order valence-electron chi connectivity index (χ0n) is 12.0. The van der Waals surface area contributed by atoms with Crippen LogP contribution in [0.2, 0.25) is 0 Å². The Morgan fingerprint density at radius 2 is 1.77 bits per heavy atom. The lowest BCUT2D eigenvalue weighted by molar-refractivity contribution is -0.137. The van der Waals surface area contributed by atoms with Crippen molar-refractivity contribution in [3.8, 4) is 0 Å². The number of benzene rings is 1. The van der Waals surface area contributed by atoms with E-state index in [-0.39, 0.29) is 10.5 Å². The van der Waals surface area contributed by atoms with Crippen LogP contribution in [-0.2, 0) is 16.2 Å². The third-order valence-corrected chi connectivity index (χ3v) is 6.47. The standard InChI is InChI=1S/C14H17F3N2O2S/c1-9-4-12(14(15,16)17)2-3-13(9)22(20,21)19-7-10-5-18-6-11(10)8-19/h2-4,10-11,18H,5-8H2,1H3/t10-,11+. The second-order valence-electron chi connectivity index (χ2n) is 5.98. The fourth-order valence-corrected chi connectivity index (χ4v) is 5.02. The molecule has 2 saturated heterocycles. The fourth-order valence-electron chi connectivity index (χ4n) is 3.26. The molecule has 3 rings (SSSR count). The molecule has 1 aromatic carbocycles. The van der Waals surface area contributed by atoms with Crippen LogP contribution in [0.4, 0.5) is 13.2 Å². The van der Waals surface area contributed by atoms with Crippen molar-refractivity contribution in [1.82, 2.24) is 9.62 Å². The third kappa shape index (κ3) is 2.63. The van der Waals surface area contributed by atoms with Crippen LogP contribution in [-0.4, -0.2) is 38.9 Å². The molecule has 2 aliphatic heterocycles. The third-order valence-electron chi connectivity index (χ3n) is 4.48. The van der Waals surface area contributed by atoms with Gasteiger partial charge >= 0.3 is 6.18 Å². The summed E-state index contributed by atoms with van der Waals surface area (Å²) in [5.74, 6) is 0.592. The molecule has 2 heterocycles. The Balaban J connectivity index is 1.90. The summed E-state index contributed by atoms with van der Waals surface area (Å²) in [4.78, 5) is -0.0339. The molecule has 1 aromatic rings. The molecule has 22 heavy (non-hydrogen) atoms. The number of hydrogen-bond acceptors (Lipinski definition) is 3. The first-order chi connectivity index (χ1) is 10.2. The van der Waals surface area contributed by atoms with Crippen LogP contribution in [0, 0.1) is 18.8 Å². The number of nitrogens with zero attached hydrogens (tertiary/aromatic N) is 1. The van der Waals surface area contributed by atoms with E-state index in [0.29, 0.717) is 24.9 Å². The first-order valence-electron chi connectivity index (χ1n) is 7.08. The van der Waals surface area contributed by atoms with Gasteiger partial charge in [-0.25, -0.2) is 8.42 Å². The van der Waals surface area contributed by atoms with E-state index >= 15 is 0 Å². The normalized spacial score (nSPS) is 26.4. The van der Waals surface area contributed by atoms with Crippen LogP contribution in [0.3, 0.4) is 0 Å². The summed E-state index contributed by atoms with van der Waals surface area (Å²) in [6.45, 7) is 3.85. The van der Waals surface area contributed by atoms with Crippen LogP contribution in [0.15, 0.2) is 23.1 Å². The highest BCUT2D eigenvalue weighted by Gasteiger charge is 2.42. The summed E-state index contributed by atoms with van der Waals surface area (Å²) in [5, 5.41) is 3.23. The average Bonchev–Trinajstić information content (AvgIpc) is 2.97. The largest absolute Gasteiger partial charge is 0.416 e. The number of rotatable bonds is 2. The van der Waals surface area contributed by atoms with Gasteiger partial charge in [-0.05, 0) is 55.6 Å². The molecule has 0 saturated carbocycles. The molecular weight excluding hydrogens is 317 g/mol. The minimum absolute atomic E-state index is 0.0339. The smallest absolute Gasteiger partial charge is 0.316 e. The Labute approximate surface area is 127 Å². The number of sulfonamides is 1. The van der Waals surface area contributed by atoms with Crippen LogP contribution in [0.5, 0.6) is 0 Å². The van der Waals surface area contributed by atoms with Crippen molar-refractivity contribution in [2.24, 2.45) is 11.8 Å². The van der Waals surface area contributed by atoms with Crippen LogP contribution in [0.25, 0.3) is 0 Å². The van der Waals surface area contributed by atoms with Crippen LogP contribution < -0.4 is 5.32 Å². The van der Waals surface area contributed by atoms with Crippen molar-refractivity contribution in [1.29, 1.82) is 0 Å². The number of alkyl halides is 3. The molecule has 2 fully saturated rings. The van der Waals surface area contributed by atoms with Crippen molar-refractivity contribution in [2.75, 3.05) is 26.2 Å². The number of fused-ring (bicyclic) bond motifs is 1. The second kappa shape index (κ2) is 5.21. The molecule has 8 heteroatoms. The van der Waals surface area contributed by atoms with E-state index < -0.39 is 21.8 Å². The van der Waals surface area contributed by atoms with Crippen LogP contribution >= 0.6 is 0 Å². The number of aryl methyl sites for hydroxylation is 1. The summed E-state index contributed by atoms with van der Waals surface area (Å²) >= 11 is 0. The van der Waals surface area contributed by atoms with E-state index in [4.69, 9.17) is 0 Å². The highest BCUT2D eigenvalue weighted by Crippen LogP contribution is 2.34. The predicted octanol–water partition coefficient (Wildman–Crippen LogP) is 1.85. The highest BCUT2D eigenvalue weighted by molar-refractivity contribution is 7.89. The molecule has 0 spiro atoms. The highest BCUT2D eigenvalue weighted by atomic mass is 32.2. The van der Waals surface area contributed by atoms with E-state index in [1.54, 1.807) is 0 Å². The summed E-state index contributed by atoms with van der Waals surface area (Å²) in [6, 6.07) is 2.80. The molecule has 0 aromatic heterocycles. The van der Waals surface area contributed by atoms with Gasteiger partial charge in [0, 0.05) is 13.1 Å². The van der Waals surface area contributed by atoms with Gasteiger partial charge in [0.05, 0.1) is 10.5 Å². The minimum Gasteiger partial charge on any atom is -0.316 e. The lowest BCUT2D eigenvalue weighted by Gasteiger charge is -2.19. The SMILES string of the molecule is Cc1cc(C(F)(F)F)ccc1S(=O)(=O)N1C[C@H]2CNC[C@H]2C1. The monoisotopic (exact) mass is 334 g/mol. The molecule has 1 N–H and O–H groups in total. The van der Waals surface area contributed by atoms with Gasteiger partial charge in [-0.3, -0.25) is 0 Å². The maximum absolute atomic E-state index is 12.7. The van der Waals surface area contributed by atoms with Gasteiger partial charge in [-0.15, -0.1) is 0 Å². The van der Waals surface area contributed by atoms with E-state index in [9.17, 15) is 21.6 Å². The lowest BCUT2D eigenvalue weighted by Crippen LogP contribution is -2.32. The summed E-state index contributed by atoms with van der Waals surface area (Å²) in [6.07, 6.45) is -4.47. The van der Waals surface area contributed by atoms with E-state index in [1.807, 2.05) is 0 Å². The van der Waals surface area contributed by atoms with Crippen molar-refractivity contribution in [3.05, 3.63) is 29.3 Å². The molecule has 0 amide bonds. The number of halogens is 3. The Hall–Kier alpha value is -1.12. The maximum atomic E-state index is 12.7. The zero-order chi connectivity index (χ0) is 16.1. The minimum atomic E-state index is -4.47. The quantitative estimate of drug-likeness (QED) is 0.898. The Morgan fingerprint density at radius 3 is 2.27 bits per heavy atom. The molecule has 2 atom stereocenters. The molecule has 0 radical (unpaired) electrons. The van der Waals surface area contributed by atoms with E-state index in [0.717, 1.165) is 31.3 Å². The Morgan fingerprint density at radius 1 is 1.18 bits per heavy atom. The molecule has 0 bridgehead atoms. The average molecular weight is 334 g/mol. The molecule has 0 unspecified atom stereocenters. The first-order valence-corrected chi connectivity index (χ1v) is 8.52. The zero-order valence-corrected chi connectivity index (χ0v) is 12.8. The first kappa shape index (κ1) is 15.8. The predicted molar refractivity (Wildman–Crippen MR) is 74.8 cm³/mol. The maximum Gasteiger partial charge on any atom is 0.416 e. The van der Waals surface area contributed by atoms with E-state index in [1.165, 1.54) is 11.2 Å². The summed E-state index contributed by atoms with van der Waals surface area (Å²) in [7, 11) is -3.74. The number of hydrogen-bond donors (Lipinski definition) is 1. The van der Waals surface area contributed by atoms with Gasteiger partial charge in [0.25, 0.3) is 0 Å². The number of nitrogens with one attached hydrogen (secondary N) is 1. The van der Waals surface area contributed by atoms with Gasteiger partial charge < -0.3 is 5.32 Å². The van der Waals surface area contributed by atoms with Gasteiger partial charge in [-0.1, -0.05) is 0 Å². The van der Waals surface area contributed by atoms with Gasteiger partial charge in [0.15, 0.2) is 0 Å². The van der Waals surface area contributed by atoms with Crippen molar-refractivity contribution in [3.63, 3.8) is 0 Å². The summed E-state index contributed by atoms with van der Waals surface area (Å²) in [5.41, 5.74) is -0.698. The Kier molecular flexibility index (Phi) is 3.73. The molecule has 0 aliphatic carbocycles. The fraction of sp³-hybridized carbons (Fsp3) is 0.571. The van der Waals surface area contributed by atoms with Gasteiger partial charge in [0.1, 0.15) is 0 Å². The Bertz CT molecular complexity index is 676. The molecular formula is C14H17F3N2O2S. The van der Waals surface area contributed by atoms with Crippen molar-refractivity contribution >= 4 is 10.0 Å². The van der Waals surface area contributed by atoms with E-state index in [2.05, 4.69) is 5.32 Å². The second-order valence-corrected chi connectivity index (χ2v) is 7.88. The summed E-state index contributed by atoms with van der Waals surface area (Å²) < 4.78 is 64.8. The van der Waals surface area contributed by atoms with Gasteiger partial charge in [-0.2, -0.15) is 17.5 Å². The van der Waals surface area contributed by atoms with Crippen molar-refractivity contribution < 1.29 is 21.6 Å². The molecule has 2 aliphatic rings. The topological polar surface area (TPSA) is 49.4 Å². The van der Waals surface area contributed by atoms with Crippen LogP contribution in [0.1, 0.15) is 11.1 Å². The lowest BCUT2D eigenvalue weighted by atomic mass is 10.0. The van der Waals surface area contributed by atoms with Crippen molar-refractivity contribution in [2.45, 2.75) is 18.0 Å². The molecule has 122 valence electrons.